The van der Waals surface area contributed by atoms with Gasteiger partial charge in [0.1, 0.15) is 5.60 Å². The van der Waals surface area contributed by atoms with Gasteiger partial charge in [-0.25, -0.2) is 4.79 Å². The molecule has 4 nitrogen and oxygen atoms in total. The zero-order valence-electron chi connectivity index (χ0n) is 13.3. The highest BCUT2D eigenvalue weighted by atomic mass is 16.6. The molecule has 2 rings (SSSR count). The van der Waals surface area contributed by atoms with Gasteiger partial charge in [-0.3, -0.25) is 0 Å². The second-order valence-corrected chi connectivity index (χ2v) is 7.60. The number of nitrogens with zero attached hydrogens (tertiary/aromatic N) is 1. The molecule has 1 amide bonds. The molecule has 1 atom stereocenters. The van der Waals surface area contributed by atoms with Crippen LogP contribution in [-0.4, -0.2) is 35.7 Å². The predicted molar refractivity (Wildman–Crippen MR) is 80.5 cm³/mol. The molecule has 1 heterocycles. The second kappa shape index (κ2) is 5.92. The van der Waals surface area contributed by atoms with Crippen LogP contribution in [-0.2, 0) is 4.74 Å². The maximum atomic E-state index is 12.5. The zero-order valence-corrected chi connectivity index (χ0v) is 13.3. The Kier molecular flexibility index (Phi) is 4.62. The van der Waals surface area contributed by atoms with E-state index in [0.29, 0.717) is 12.0 Å². The Balaban J connectivity index is 2.08. The van der Waals surface area contributed by atoms with Crippen molar-refractivity contribution < 1.29 is 9.53 Å². The Bertz CT molecular complexity index is 343. The van der Waals surface area contributed by atoms with E-state index in [1.165, 1.54) is 38.5 Å². The summed E-state index contributed by atoms with van der Waals surface area (Å²) in [5, 5.41) is 0. The summed E-state index contributed by atoms with van der Waals surface area (Å²) < 4.78 is 5.57. The third-order valence-electron chi connectivity index (χ3n) is 4.77. The van der Waals surface area contributed by atoms with Gasteiger partial charge in [0.05, 0.1) is 0 Å². The van der Waals surface area contributed by atoms with Crippen LogP contribution in [0.1, 0.15) is 65.7 Å². The molecule has 4 heteroatoms. The van der Waals surface area contributed by atoms with Crippen molar-refractivity contribution in [1.29, 1.82) is 0 Å². The fourth-order valence-electron chi connectivity index (χ4n) is 3.69. The molecular weight excluding hydrogens is 252 g/mol. The van der Waals surface area contributed by atoms with Crippen LogP contribution < -0.4 is 5.73 Å². The van der Waals surface area contributed by atoms with E-state index >= 15 is 0 Å². The van der Waals surface area contributed by atoms with Gasteiger partial charge in [0.2, 0.25) is 0 Å². The van der Waals surface area contributed by atoms with Crippen molar-refractivity contribution in [3.05, 3.63) is 0 Å². The summed E-state index contributed by atoms with van der Waals surface area (Å²) in [6.07, 6.45) is 8.51. The molecule has 1 aliphatic carbocycles. The van der Waals surface area contributed by atoms with Crippen LogP contribution in [0.3, 0.4) is 0 Å². The normalized spacial score (nSPS) is 26.6. The van der Waals surface area contributed by atoms with Gasteiger partial charge >= 0.3 is 6.09 Å². The smallest absolute Gasteiger partial charge is 0.410 e. The average molecular weight is 282 g/mol. The molecule has 0 bridgehead atoms. The summed E-state index contributed by atoms with van der Waals surface area (Å²) in [5.41, 5.74) is 5.76. The van der Waals surface area contributed by atoms with Gasteiger partial charge in [0.15, 0.2) is 0 Å². The molecule has 1 spiro atoms. The minimum Gasteiger partial charge on any atom is -0.444 e. The monoisotopic (exact) mass is 282 g/mol. The summed E-state index contributed by atoms with van der Waals surface area (Å²) in [6.45, 7) is 7.13. The van der Waals surface area contributed by atoms with Crippen molar-refractivity contribution in [3.8, 4) is 0 Å². The summed E-state index contributed by atoms with van der Waals surface area (Å²) in [5.74, 6) is 0. The van der Waals surface area contributed by atoms with Crippen LogP contribution >= 0.6 is 0 Å². The van der Waals surface area contributed by atoms with Crippen molar-refractivity contribution in [2.24, 2.45) is 11.1 Å². The first-order chi connectivity index (χ1) is 9.35. The van der Waals surface area contributed by atoms with E-state index in [4.69, 9.17) is 10.5 Å². The van der Waals surface area contributed by atoms with Crippen molar-refractivity contribution >= 4 is 6.09 Å². The second-order valence-electron chi connectivity index (χ2n) is 7.60. The number of hydrogen-bond acceptors (Lipinski definition) is 3. The third kappa shape index (κ3) is 3.66. The first-order valence-electron chi connectivity index (χ1n) is 8.05. The number of carbonyl (C=O) groups excluding carboxylic acids is 1. The predicted octanol–water partition coefficient (Wildman–Crippen LogP) is 3.30. The molecule has 116 valence electrons. The van der Waals surface area contributed by atoms with Gasteiger partial charge < -0.3 is 15.4 Å². The van der Waals surface area contributed by atoms with E-state index in [1.54, 1.807) is 0 Å². The van der Waals surface area contributed by atoms with Gasteiger partial charge in [0, 0.05) is 19.1 Å². The molecule has 2 N–H and O–H groups in total. The number of ether oxygens (including phenoxy) is 1. The summed E-state index contributed by atoms with van der Waals surface area (Å²) >= 11 is 0. The lowest BCUT2D eigenvalue weighted by Gasteiger charge is -2.48. The number of carbonyl (C=O) groups is 1. The molecule has 0 aromatic carbocycles. The van der Waals surface area contributed by atoms with E-state index < -0.39 is 5.60 Å². The number of nitrogens with two attached hydrogens (primary N) is 1. The van der Waals surface area contributed by atoms with Crippen LogP contribution in [0.15, 0.2) is 0 Å². The molecule has 2 aliphatic rings. The first-order valence-corrected chi connectivity index (χ1v) is 8.05. The quantitative estimate of drug-likeness (QED) is 0.803. The van der Waals surface area contributed by atoms with Crippen LogP contribution in [0.4, 0.5) is 4.79 Å². The average Bonchev–Trinajstić information content (AvgIpc) is 2.38. The van der Waals surface area contributed by atoms with E-state index in [-0.39, 0.29) is 12.1 Å². The highest BCUT2D eigenvalue weighted by Crippen LogP contribution is 2.44. The molecule has 0 unspecified atom stereocenters. The Hall–Kier alpha value is -0.770. The lowest BCUT2D eigenvalue weighted by molar-refractivity contribution is -0.0206. The van der Waals surface area contributed by atoms with Crippen molar-refractivity contribution in [3.63, 3.8) is 0 Å². The summed E-state index contributed by atoms with van der Waals surface area (Å²) in [4.78, 5) is 14.4. The number of hydrogen-bond donors (Lipinski definition) is 1. The maximum Gasteiger partial charge on any atom is 0.410 e. The van der Waals surface area contributed by atoms with Gasteiger partial charge in [-0.15, -0.1) is 0 Å². The Labute approximate surface area is 123 Å². The first kappa shape index (κ1) is 15.6. The van der Waals surface area contributed by atoms with E-state index in [0.717, 1.165) is 13.0 Å². The number of rotatable bonds is 1. The van der Waals surface area contributed by atoms with Gasteiger partial charge in [-0.2, -0.15) is 0 Å². The molecule has 1 saturated carbocycles. The minimum atomic E-state index is -0.437. The van der Waals surface area contributed by atoms with Crippen LogP contribution in [0.2, 0.25) is 0 Å². The fraction of sp³-hybridized carbons (Fsp3) is 0.938. The molecular formula is C16H30N2O2. The van der Waals surface area contributed by atoms with Crippen LogP contribution in [0, 0.1) is 5.41 Å². The topological polar surface area (TPSA) is 55.6 Å². The molecule has 0 radical (unpaired) electrons. The minimum absolute atomic E-state index is 0.150. The molecule has 2 fully saturated rings. The van der Waals surface area contributed by atoms with Crippen LogP contribution in [0.5, 0.6) is 0 Å². The van der Waals surface area contributed by atoms with Crippen LogP contribution in [0.25, 0.3) is 0 Å². The molecule has 1 saturated heterocycles. The maximum absolute atomic E-state index is 12.5. The van der Waals surface area contributed by atoms with Gasteiger partial charge in [-0.05, 0) is 51.9 Å². The molecule has 0 aromatic heterocycles. The van der Waals surface area contributed by atoms with Gasteiger partial charge in [-0.1, -0.05) is 19.3 Å². The summed E-state index contributed by atoms with van der Waals surface area (Å²) in [6, 6.07) is 0.150. The third-order valence-corrected chi connectivity index (χ3v) is 4.77. The van der Waals surface area contributed by atoms with Crippen molar-refractivity contribution in [1.82, 2.24) is 4.90 Å². The lowest BCUT2D eigenvalue weighted by Crippen LogP contribution is -2.55. The number of likely N-dealkylation sites (tertiary alicyclic amines) is 1. The molecule has 20 heavy (non-hydrogen) atoms. The van der Waals surface area contributed by atoms with E-state index in [1.807, 2.05) is 25.7 Å². The number of amides is 1. The Morgan fingerprint density at radius 3 is 2.45 bits per heavy atom. The highest BCUT2D eigenvalue weighted by Gasteiger charge is 2.42. The fourth-order valence-corrected chi connectivity index (χ4v) is 3.69. The molecule has 0 aromatic rings. The SMILES string of the molecule is CC(C)(C)OC(=O)N1CC2(CCCCC2)CC[C@@H]1CN. The van der Waals surface area contributed by atoms with Crippen molar-refractivity contribution in [2.75, 3.05) is 13.1 Å². The standard InChI is InChI=1S/C16H30N2O2/c1-15(2,3)20-14(19)18-12-16(8-5-4-6-9-16)10-7-13(18)11-17/h13H,4-12,17H2,1-3H3/t13-/m1/s1. The molecule has 1 aliphatic heterocycles. The van der Waals surface area contributed by atoms with E-state index in [9.17, 15) is 4.79 Å². The highest BCUT2D eigenvalue weighted by molar-refractivity contribution is 5.69. The zero-order chi connectivity index (χ0) is 14.8. The van der Waals surface area contributed by atoms with Gasteiger partial charge in [0.25, 0.3) is 0 Å². The number of piperidine rings is 1. The largest absolute Gasteiger partial charge is 0.444 e. The Morgan fingerprint density at radius 1 is 1.25 bits per heavy atom. The lowest BCUT2D eigenvalue weighted by atomic mass is 9.68. The van der Waals surface area contributed by atoms with Crippen molar-refractivity contribution in [2.45, 2.75) is 77.4 Å². The summed E-state index contributed by atoms with van der Waals surface area (Å²) in [7, 11) is 0. The Morgan fingerprint density at radius 2 is 1.90 bits per heavy atom. The van der Waals surface area contributed by atoms with E-state index in [2.05, 4.69) is 0 Å².